The highest BCUT2D eigenvalue weighted by Gasteiger charge is 2.15. The largest absolute Gasteiger partial charge is 0.493 e. The molecule has 2 aromatic carbocycles. The molecular weight excluding hydrogens is 508 g/mol. The Morgan fingerprint density at radius 1 is 1.13 bits per heavy atom. The van der Waals surface area contributed by atoms with Gasteiger partial charge in [0.2, 0.25) is 11.8 Å². The topological polar surface area (TPSA) is 94.7 Å². The lowest BCUT2D eigenvalue weighted by molar-refractivity contribution is -0.118. The van der Waals surface area contributed by atoms with Crippen LogP contribution >= 0.6 is 11.3 Å². The van der Waals surface area contributed by atoms with E-state index in [4.69, 9.17) is 15.2 Å². The fourth-order valence-electron chi connectivity index (χ4n) is 4.29. The highest BCUT2D eigenvalue weighted by Crippen LogP contribution is 2.37. The average molecular weight is 543 g/mol. The van der Waals surface area contributed by atoms with Crippen molar-refractivity contribution < 1.29 is 19.4 Å². The van der Waals surface area contributed by atoms with Crippen molar-refractivity contribution in [3.8, 4) is 34.6 Å². The lowest BCUT2D eigenvalue weighted by atomic mass is 9.97. The third-order valence-electron chi connectivity index (χ3n) is 6.38. The number of carbonyl (C=O) groups excluding carboxylic acids is 1. The second kappa shape index (κ2) is 12.3. The summed E-state index contributed by atoms with van der Waals surface area (Å²) in [5.74, 6) is 6.50. The third-order valence-corrected chi connectivity index (χ3v) is 7.34. The molecular formula is C32H34N2O4S. The third kappa shape index (κ3) is 7.60. The molecule has 0 bridgehead atoms. The zero-order chi connectivity index (χ0) is 28.0. The molecule has 0 saturated heterocycles. The van der Waals surface area contributed by atoms with Gasteiger partial charge in [0.25, 0.3) is 0 Å². The maximum atomic E-state index is 11.4. The molecule has 1 amide bonds. The molecule has 0 radical (unpaired) electrons. The fraction of sp³-hybridized carbons (Fsp3) is 0.312. The monoisotopic (exact) mass is 542 g/mol. The number of aliphatic hydroxyl groups is 1. The van der Waals surface area contributed by atoms with Gasteiger partial charge >= 0.3 is 0 Å². The summed E-state index contributed by atoms with van der Waals surface area (Å²) in [4.78, 5) is 15.8. The lowest BCUT2D eigenvalue weighted by Gasteiger charge is -2.17. The predicted octanol–water partition coefficient (Wildman–Crippen LogP) is 6.37. The zero-order valence-electron chi connectivity index (χ0n) is 22.8. The van der Waals surface area contributed by atoms with Crippen LogP contribution in [0.3, 0.4) is 0 Å². The van der Waals surface area contributed by atoms with E-state index in [9.17, 15) is 9.90 Å². The number of hydrogen-bond acceptors (Lipinski definition) is 6. The summed E-state index contributed by atoms with van der Waals surface area (Å²) in [6.45, 7) is 8.23. The molecule has 0 unspecified atom stereocenters. The molecule has 0 saturated carbocycles. The predicted molar refractivity (Wildman–Crippen MR) is 157 cm³/mol. The van der Waals surface area contributed by atoms with E-state index in [1.165, 1.54) is 15.6 Å². The van der Waals surface area contributed by atoms with Crippen LogP contribution in [-0.4, -0.2) is 28.2 Å². The first-order chi connectivity index (χ1) is 18.6. The number of nitrogens with zero attached hydrogens (tertiary/aromatic N) is 1. The van der Waals surface area contributed by atoms with Gasteiger partial charge in [0.15, 0.2) is 0 Å². The smallest absolute Gasteiger partial charge is 0.219 e. The van der Waals surface area contributed by atoms with Gasteiger partial charge in [-0.3, -0.25) is 4.79 Å². The number of carbonyl (C=O) groups is 1. The van der Waals surface area contributed by atoms with E-state index in [0.29, 0.717) is 25.5 Å². The van der Waals surface area contributed by atoms with E-state index >= 15 is 0 Å². The fourth-order valence-corrected chi connectivity index (χ4v) is 5.23. The molecule has 202 valence electrons. The summed E-state index contributed by atoms with van der Waals surface area (Å²) in [5, 5.41) is 13.3. The van der Waals surface area contributed by atoms with Gasteiger partial charge in [-0.25, -0.2) is 4.98 Å². The molecule has 2 heterocycles. The molecule has 4 aromatic rings. The van der Waals surface area contributed by atoms with Gasteiger partial charge in [0.1, 0.15) is 12.4 Å². The van der Waals surface area contributed by atoms with Crippen LogP contribution in [0.1, 0.15) is 56.2 Å². The van der Waals surface area contributed by atoms with Crippen LogP contribution in [-0.2, 0) is 11.4 Å². The summed E-state index contributed by atoms with van der Waals surface area (Å²) in [7, 11) is 0. The molecule has 6 nitrogen and oxygen atoms in total. The summed E-state index contributed by atoms with van der Waals surface area (Å²) >= 11 is 1.72. The normalized spacial score (nSPS) is 12.0. The number of hydrogen-bond donors (Lipinski definition) is 2. The number of benzene rings is 2. The van der Waals surface area contributed by atoms with E-state index in [0.717, 1.165) is 28.0 Å². The quantitative estimate of drug-likeness (QED) is 0.215. The number of amides is 1. The summed E-state index contributed by atoms with van der Waals surface area (Å²) in [6.07, 6.45) is 2.41. The molecule has 0 spiro atoms. The van der Waals surface area contributed by atoms with Gasteiger partial charge in [-0.15, -0.1) is 17.3 Å². The molecule has 0 aliphatic heterocycles. The highest BCUT2D eigenvalue weighted by atomic mass is 32.1. The lowest BCUT2D eigenvalue weighted by Crippen LogP contribution is -2.21. The van der Waals surface area contributed by atoms with Gasteiger partial charge in [-0.05, 0) is 79.6 Å². The first kappa shape index (κ1) is 28.2. The molecule has 1 atom stereocenters. The Labute approximate surface area is 233 Å². The molecule has 39 heavy (non-hydrogen) atoms. The highest BCUT2D eigenvalue weighted by molar-refractivity contribution is 7.17. The van der Waals surface area contributed by atoms with Crippen LogP contribution < -0.4 is 15.2 Å². The van der Waals surface area contributed by atoms with E-state index in [2.05, 4.69) is 53.4 Å². The van der Waals surface area contributed by atoms with Crippen LogP contribution in [0.25, 0.3) is 21.2 Å². The van der Waals surface area contributed by atoms with Gasteiger partial charge in [0, 0.05) is 40.8 Å². The van der Waals surface area contributed by atoms with Crippen molar-refractivity contribution in [2.24, 2.45) is 5.73 Å². The van der Waals surface area contributed by atoms with Crippen LogP contribution in [0.2, 0.25) is 0 Å². The summed E-state index contributed by atoms with van der Waals surface area (Å²) in [5.41, 5.74) is 9.96. The van der Waals surface area contributed by atoms with E-state index < -0.39 is 11.5 Å². The maximum Gasteiger partial charge on any atom is 0.219 e. The first-order valence-corrected chi connectivity index (χ1v) is 13.8. The number of nitrogens with two attached hydrogens (primary N) is 1. The number of primary amides is 1. The van der Waals surface area contributed by atoms with E-state index in [1.807, 2.05) is 18.2 Å². The van der Waals surface area contributed by atoms with E-state index in [-0.39, 0.29) is 12.3 Å². The van der Waals surface area contributed by atoms with Crippen molar-refractivity contribution >= 4 is 27.3 Å². The Morgan fingerprint density at radius 2 is 1.95 bits per heavy atom. The van der Waals surface area contributed by atoms with Crippen molar-refractivity contribution in [1.82, 2.24) is 4.98 Å². The number of thiophene rings is 1. The second-order valence-electron chi connectivity index (χ2n) is 10.2. The zero-order valence-corrected chi connectivity index (χ0v) is 23.6. The van der Waals surface area contributed by atoms with Crippen LogP contribution in [0.5, 0.6) is 11.6 Å². The van der Waals surface area contributed by atoms with E-state index in [1.54, 1.807) is 44.4 Å². The molecule has 4 rings (SSSR count). The average Bonchev–Trinajstić information content (AvgIpc) is 3.30. The van der Waals surface area contributed by atoms with Gasteiger partial charge in [0.05, 0.1) is 18.1 Å². The standard InChI is InChI=1S/C32H34N2O4S/c1-5-6-23(17-30(33)35)24-8-12-31(34-18-24)38-19-22-7-11-29-27(16-22)28(20-39-29)26-10-9-25(15-21(26)2)37-14-13-32(3,4)36/h7-12,15-16,18,20,23,36H,13-14,17,19H2,1-4H3,(H2,33,35)/t23-/m0/s1. The number of rotatable bonds is 11. The molecule has 3 N–H and O–H groups in total. The van der Waals surface area contributed by atoms with Crippen molar-refractivity contribution in [1.29, 1.82) is 0 Å². The first-order valence-electron chi connectivity index (χ1n) is 12.9. The second-order valence-corrected chi connectivity index (χ2v) is 11.1. The van der Waals surface area contributed by atoms with Gasteiger partial charge in [-0.2, -0.15) is 0 Å². The Balaban J connectivity index is 1.46. The maximum absolute atomic E-state index is 11.4. The van der Waals surface area contributed by atoms with Crippen molar-refractivity contribution in [2.45, 2.75) is 58.7 Å². The Hall–Kier alpha value is -3.86. The minimum Gasteiger partial charge on any atom is -0.493 e. The van der Waals surface area contributed by atoms with Crippen molar-refractivity contribution in [3.63, 3.8) is 0 Å². The van der Waals surface area contributed by atoms with Gasteiger partial charge < -0.3 is 20.3 Å². The number of aromatic nitrogens is 1. The minimum atomic E-state index is -0.746. The molecule has 0 aliphatic carbocycles. The number of aryl methyl sites for hydroxylation is 1. The summed E-state index contributed by atoms with van der Waals surface area (Å²) < 4.78 is 13.0. The number of pyridine rings is 1. The Bertz CT molecular complexity index is 1510. The minimum absolute atomic E-state index is 0.156. The number of ether oxygens (including phenoxy) is 2. The van der Waals surface area contributed by atoms with Crippen LogP contribution in [0.15, 0.2) is 60.1 Å². The number of fused-ring (bicyclic) bond motifs is 1. The molecule has 2 aromatic heterocycles. The molecule has 7 heteroatoms. The van der Waals surface area contributed by atoms with Crippen molar-refractivity contribution in [2.75, 3.05) is 6.61 Å². The van der Waals surface area contributed by atoms with Crippen LogP contribution in [0, 0.1) is 18.8 Å². The Kier molecular flexibility index (Phi) is 8.90. The molecule has 0 fully saturated rings. The Morgan fingerprint density at radius 3 is 2.62 bits per heavy atom. The summed E-state index contributed by atoms with van der Waals surface area (Å²) in [6, 6.07) is 16.2. The van der Waals surface area contributed by atoms with Crippen LogP contribution in [0.4, 0.5) is 0 Å². The van der Waals surface area contributed by atoms with Crippen molar-refractivity contribution in [3.05, 3.63) is 76.8 Å². The molecule has 0 aliphatic rings. The van der Waals surface area contributed by atoms with Gasteiger partial charge in [-0.1, -0.05) is 24.1 Å². The SMILES string of the molecule is CC#C[C@@H](CC(N)=O)c1ccc(OCc2ccc3scc(-c4ccc(OCCC(C)(C)O)cc4C)c3c2)nc1.